The van der Waals surface area contributed by atoms with Crippen LogP contribution in [0.2, 0.25) is 5.02 Å². The molecule has 2 aromatic carbocycles. The maximum atomic E-state index is 13.0. The molecule has 7 heteroatoms. The van der Waals surface area contributed by atoms with E-state index in [1.165, 1.54) is 4.90 Å². The van der Waals surface area contributed by atoms with Crippen LogP contribution in [0.15, 0.2) is 66.8 Å². The van der Waals surface area contributed by atoms with Crippen LogP contribution in [0.4, 0.5) is 0 Å². The highest BCUT2D eigenvalue weighted by Crippen LogP contribution is 2.40. The first kappa shape index (κ1) is 23.6. The minimum absolute atomic E-state index is 0.0584. The lowest BCUT2D eigenvalue weighted by molar-refractivity contribution is -0.139. The van der Waals surface area contributed by atoms with Gasteiger partial charge in [-0.25, -0.2) is 0 Å². The molecule has 1 saturated heterocycles. The Bertz CT molecular complexity index is 1030. The summed E-state index contributed by atoms with van der Waals surface area (Å²) in [6.45, 7) is 5.12. The van der Waals surface area contributed by atoms with E-state index in [1.54, 1.807) is 48.5 Å². The number of rotatable bonds is 9. The summed E-state index contributed by atoms with van der Waals surface area (Å²) in [5.41, 5.74) is 1.17. The van der Waals surface area contributed by atoms with Crippen molar-refractivity contribution in [1.82, 2.24) is 9.80 Å². The van der Waals surface area contributed by atoms with Gasteiger partial charge in [-0.2, -0.15) is 0 Å². The van der Waals surface area contributed by atoms with Crippen LogP contribution in [-0.4, -0.2) is 60.4 Å². The maximum absolute atomic E-state index is 13.0. The van der Waals surface area contributed by atoms with Crippen molar-refractivity contribution in [1.29, 1.82) is 0 Å². The highest BCUT2D eigenvalue weighted by molar-refractivity contribution is 6.46. The molecular weight excluding hydrogens is 428 g/mol. The van der Waals surface area contributed by atoms with Crippen molar-refractivity contribution < 1.29 is 19.4 Å². The maximum Gasteiger partial charge on any atom is 0.295 e. The van der Waals surface area contributed by atoms with Gasteiger partial charge in [-0.3, -0.25) is 9.59 Å². The van der Waals surface area contributed by atoms with Crippen LogP contribution in [0, 0.1) is 0 Å². The van der Waals surface area contributed by atoms with E-state index < -0.39 is 17.7 Å². The molecule has 6 nitrogen and oxygen atoms in total. The Balaban J connectivity index is 2.08. The summed E-state index contributed by atoms with van der Waals surface area (Å²) in [4.78, 5) is 29.6. The number of aliphatic hydroxyl groups excluding tert-OH is 1. The predicted molar refractivity (Wildman–Crippen MR) is 126 cm³/mol. The lowest BCUT2D eigenvalue weighted by Gasteiger charge is -2.26. The Morgan fingerprint density at radius 3 is 2.59 bits per heavy atom. The lowest BCUT2D eigenvalue weighted by atomic mass is 9.95. The Morgan fingerprint density at radius 2 is 1.94 bits per heavy atom. The average molecular weight is 455 g/mol. The first-order chi connectivity index (χ1) is 15.3. The number of likely N-dealkylation sites (tertiary alicyclic amines) is 1. The van der Waals surface area contributed by atoms with Gasteiger partial charge >= 0.3 is 0 Å². The molecule has 0 radical (unpaired) electrons. The highest BCUT2D eigenvalue weighted by Gasteiger charge is 2.45. The summed E-state index contributed by atoms with van der Waals surface area (Å²) in [7, 11) is 3.90. The lowest BCUT2D eigenvalue weighted by Crippen LogP contribution is -2.32. The number of hydrogen-bond acceptors (Lipinski definition) is 5. The van der Waals surface area contributed by atoms with Gasteiger partial charge < -0.3 is 19.6 Å². The molecule has 0 unspecified atom stereocenters. The molecule has 1 aliphatic rings. The van der Waals surface area contributed by atoms with Crippen LogP contribution < -0.4 is 4.74 Å². The second-order valence-corrected chi connectivity index (χ2v) is 8.26. The topological polar surface area (TPSA) is 70.1 Å². The zero-order valence-electron chi connectivity index (χ0n) is 18.3. The normalized spacial score (nSPS) is 17.8. The second-order valence-electron chi connectivity index (χ2n) is 7.83. The average Bonchev–Trinajstić information content (AvgIpc) is 3.02. The third-order valence-electron chi connectivity index (χ3n) is 5.20. The minimum atomic E-state index is -0.722. The Labute approximate surface area is 193 Å². The van der Waals surface area contributed by atoms with Gasteiger partial charge in [-0.15, -0.1) is 0 Å². The summed E-state index contributed by atoms with van der Waals surface area (Å²) in [5.74, 6) is -0.961. The quantitative estimate of drug-likeness (QED) is 0.265. The first-order valence-corrected chi connectivity index (χ1v) is 10.7. The molecule has 1 fully saturated rings. The first-order valence-electron chi connectivity index (χ1n) is 10.4. The fourth-order valence-corrected chi connectivity index (χ4v) is 3.83. The fraction of sp³-hybridized carbons (Fsp3) is 0.280. The molecule has 1 amide bonds. The zero-order valence-corrected chi connectivity index (χ0v) is 19.0. The molecule has 0 aliphatic carbocycles. The summed E-state index contributed by atoms with van der Waals surface area (Å²) in [5, 5.41) is 11.6. The van der Waals surface area contributed by atoms with Crippen molar-refractivity contribution in [2.75, 3.05) is 33.8 Å². The number of carbonyl (C=O) groups excluding carboxylic acids is 2. The Hall–Kier alpha value is -3.09. The van der Waals surface area contributed by atoms with Gasteiger partial charge in [0.05, 0.1) is 11.6 Å². The summed E-state index contributed by atoms with van der Waals surface area (Å²) in [6.07, 6.45) is 2.32. The van der Waals surface area contributed by atoms with E-state index in [2.05, 4.69) is 6.58 Å². The largest absolute Gasteiger partial charge is 0.507 e. The number of benzene rings is 2. The molecular formula is C25H27ClN2O4. The van der Waals surface area contributed by atoms with Crippen LogP contribution in [0.5, 0.6) is 5.75 Å². The van der Waals surface area contributed by atoms with Crippen LogP contribution in [0.3, 0.4) is 0 Å². The van der Waals surface area contributed by atoms with Crippen molar-refractivity contribution in [3.63, 3.8) is 0 Å². The minimum Gasteiger partial charge on any atom is -0.507 e. The monoisotopic (exact) mass is 454 g/mol. The SMILES string of the molecule is C=CCOc1cccc([C@H]2C(=C(O)c3ccc(Cl)cc3)C(=O)C(=O)N2CCCN(C)C)c1. The van der Waals surface area contributed by atoms with Gasteiger partial charge in [-0.1, -0.05) is 36.4 Å². The molecule has 1 heterocycles. The van der Waals surface area contributed by atoms with Gasteiger partial charge in [-0.05, 0) is 69.0 Å². The van der Waals surface area contributed by atoms with Crippen LogP contribution in [0.25, 0.3) is 5.76 Å². The van der Waals surface area contributed by atoms with Gasteiger partial charge in [0.2, 0.25) is 0 Å². The molecule has 0 bridgehead atoms. The number of hydrogen-bond donors (Lipinski definition) is 1. The van der Waals surface area contributed by atoms with Crippen LogP contribution >= 0.6 is 11.6 Å². The highest BCUT2D eigenvalue weighted by atomic mass is 35.5. The molecule has 32 heavy (non-hydrogen) atoms. The number of ketones is 1. The van der Waals surface area contributed by atoms with Crippen molar-refractivity contribution >= 4 is 29.1 Å². The molecule has 0 spiro atoms. The number of amides is 1. The van der Waals surface area contributed by atoms with Gasteiger partial charge in [0.15, 0.2) is 0 Å². The Kier molecular flexibility index (Phi) is 7.72. The van der Waals surface area contributed by atoms with Crippen molar-refractivity contribution in [3.05, 3.63) is 82.9 Å². The van der Waals surface area contributed by atoms with Crippen LogP contribution in [0.1, 0.15) is 23.6 Å². The molecule has 1 atom stereocenters. The van der Waals surface area contributed by atoms with Crippen LogP contribution in [-0.2, 0) is 9.59 Å². The fourth-order valence-electron chi connectivity index (χ4n) is 3.71. The van der Waals surface area contributed by atoms with E-state index in [-0.39, 0.29) is 11.3 Å². The molecule has 3 rings (SSSR count). The summed E-state index contributed by atoms with van der Waals surface area (Å²) in [6, 6.07) is 13.0. The van der Waals surface area contributed by atoms with Crippen molar-refractivity contribution in [2.45, 2.75) is 12.5 Å². The number of halogens is 1. The number of ether oxygens (including phenoxy) is 1. The van der Waals surface area contributed by atoms with Crippen molar-refractivity contribution in [3.8, 4) is 5.75 Å². The molecule has 1 N–H and O–H groups in total. The standard InChI is InChI=1S/C25H27ClN2O4/c1-4-15-32-20-8-5-7-18(16-20)22-21(23(29)17-9-11-19(26)12-10-17)24(30)25(31)28(22)14-6-13-27(2)3/h4-5,7-12,16,22,29H,1,6,13-15H2,2-3H3/t22-/m0/s1. The zero-order chi connectivity index (χ0) is 23.3. The predicted octanol–water partition coefficient (Wildman–Crippen LogP) is 4.28. The number of nitrogens with zero attached hydrogens (tertiary/aromatic N) is 2. The summed E-state index contributed by atoms with van der Waals surface area (Å²) < 4.78 is 5.64. The molecule has 0 saturated carbocycles. The van der Waals surface area contributed by atoms with E-state index in [9.17, 15) is 14.7 Å². The van der Waals surface area contributed by atoms with E-state index in [4.69, 9.17) is 16.3 Å². The summed E-state index contributed by atoms with van der Waals surface area (Å²) >= 11 is 5.97. The molecule has 2 aromatic rings. The number of aliphatic hydroxyl groups is 1. The van der Waals surface area contributed by atoms with Gasteiger partial charge in [0.25, 0.3) is 11.7 Å². The molecule has 1 aliphatic heterocycles. The Morgan fingerprint density at radius 1 is 1.22 bits per heavy atom. The number of carbonyl (C=O) groups is 2. The van der Waals surface area contributed by atoms with E-state index in [0.29, 0.717) is 41.5 Å². The second kappa shape index (κ2) is 10.5. The van der Waals surface area contributed by atoms with E-state index in [0.717, 1.165) is 6.54 Å². The number of Topliss-reactive ketones (excluding diaryl/α,β-unsaturated/α-hetero) is 1. The van der Waals surface area contributed by atoms with E-state index >= 15 is 0 Å². The van der Waals surface area contributed by atoms with Crippen molar-refractivity contribution in [2.24, 2.45) is 0 Å². The van der Waals surface area contributed by atoms with E-state index in [1.807, 2.05) is 25.1 Å². The van der Waals surface area contributed by atoms with Gasteiger partial charge in [0, 0.05) is 17.1 Å². The molecule has 168 valence electrons. The smallest absolute Gasteiger partial charge is 0.295 e. The third-order valence-corrected chi connectivity index (χ3v) is 5.46. The van der Waals surface area contributed by atoms with Gasteiger partial charge in [0.1, 0.15) is 18.1 Å². The molecule has 0 aromatic heterocycles. The third kappa shape index (κ3) is 5.21.